The zero-order valence-corrected chi connectivity index (χ0v) is 3.01. The highest BCUT2D eigenvalue weighted by Gasteiger charge is 1.92. The van der Waals surface area contributed by atoms with Gasteiger partial charge in [-0.1, -0.05) is 0 Å². The van der Waals surface area contributed by atoms with Crippen LogP contribution in [0.1, 0.15) is 1.37 Å². The molecule has 0 aromatic heterocycles. The van der Waals surface area contributed by atoms with Crippen LogP contribution in [0.3, 0.4) is 0 Å². The van der Waals surface area contributed by atoms with Gasteiger partial charge in [-0.3, -0.25) is 0 Å². The maximum Gasteiger partial charge on any atom is 0.211 e. The van der Waals surface area contributed by atoms with E-state index in [0.29, 0.717) is 0 Å². The zero-order chi connectivity index (χ0) is 7.33. The molecule has 0 bridgehead atoms. The lowest BCUT2D eigenvalue weighted by atomic mass is 10.4. The predicted octanol–water partition coefficient (Wildman–Crippen LogP) is -1.46. The van der Waals surface area contributed by atoms with Gasteiger partial charge in [0, 0.05) is 0 Å². The molecule has 0 spiro atoms. The van der Waals surface area contributed by atoms with Crippen LogP contribution in [0.5, 0.6) is 0 Å². The summed E-state index contributed by atoms with van der Waals surface area (Å²) >= 11 is 0. The Morgan fingerprint density at radius 1 is 2.33 bits per heavy atom. The number of hydrogen-bond donors (Lipinski definition) is 2. The smallest absolute Gasteiger partial charge is 0.211 e. The van der Waals surface area contributed by atoms with Crippen molar-refractivity contribution in [3.63, 3.8) is 0 Å². The van der Waals surface area contributed by atoms with E-state index in [1.807, 2.05) is 0 Å². The Morgan fingerprint density at radius 2 is 3.17 bits per heavy atom. The van der Waals surface area contributed by atoms with Crippen molar-refractivity contribution in [3.05, 3.63) is 0 Å². The van der Waals surface area contributed by atoms with Crippen LogP contribution in [0, 0.1) is 0 Å². The highest BCUT2D eigenvalue weighted by Crippen LogP contribution is 1.66. The third-order valence-corrected chi connectivity index (χ3v) is 0.274. The van der Waals surface area contributed by atoms with E-state index in [1.165, 1.54) is 0 Å². The van der Waals surface area contributed by atoms with Gasteiger partial charge < -0.3 is 15.0 Å². The number of hydrogen-bond acceptors (Lipinski definition) is 3. The molecule has 0 aliphatic heterocycles. The highest BCUT2D eigenvalue weighted by atomic mass is 16.3. The van der Waals surface area contributed by atoms with Gasteiger partial charge in [0.15, 0.2) is 6.29 Å². The van der Waals surface area contributed by atoms with Crippen molar-refractivity contribution in [1.82, 2.24) is 0 Å². The predicted molar refractivity (Wildman–Crippen MR) is 19.2 cm³/mol. The molecule has 2 N–H and O–H groups in total. The number of aldehydes is 1. The zero-order valence-electron chi connectivity index (χ0n) is 6.01. The molecule has 0 aliphatic rings. The molecule has 3 heteroatoms. The van der Waals surface area contributed by atoms with E-state index in [2.05, 4.69) is 10.2 Å². The maximum absolute atomic E-state index is 9.85. The Hall–Kier alpha value is -0.410. The second-order valence-electron chi connectivity index (χ2n) is 0.729. The van der Waals surface area contributed by atoms with Gasteiger partial charge in [0.2, 0.25) is 2.86 Å². The summed E-state index contributed by atoms with van der Waals surface area (Å²) in [6, 6.07) is 0. The monoisotopic (exact) mass is 93.1 g/mol. The van der Waals surface area contributed by atoms with Crippen LogP contribution >= 0.6 is 0 Å². The third-order valence-electron chi connectivity index (χ3n) is 0.274. The van der Waals surface area contributed by atoms with Crippen molar-refractivity contribution < 1.29 is 16.4 Å². The standard InChI is InChI=1S/C3H6O3/c4-1-3(6)2-5/h1,3,5-6H,2H2/t3-/m0/s1/i3D,5D,6D. The summed E-state index contributed by atoms with van der Waals surface area (Å²) in [6.45, 7) is -0.556. The fourth-order valence-corrected chi connectivity index (χ4v) is 0.0340. The molecule has 1 atom stereocenters. The molecule has 0 heterocycles. The van der Waals surface area contributed by atoms with E-state index in [4.69, 9.17) is 4.23 Å². The van der Waals surface area contributed by atoms with Crippen LogP contribution in [-0.4, -0.2) is 32.1 Å². The Labute approximate surface area is 39.6 Å². The first-order valence-electron chi connectivity index (χ1n) is 2.69. The minimum absolute atomic E-state index is 0.0918. The van der Waals surface area contributed by atoms with Crippen LogP contribution in [0.25, 0.3) is 0 Å². The molecule has 0 rings (SSSR count). The van der Waals surface area contributed by atoms with Gasteiger partial charge in [0.05, 0.1) is 7.98 Å². The lowest BCUT2D eigenvalue weighted by Crippen LogP contribution is -2.12. The average molecular weight is 93.1 g/mol. The molecule has 0 aromatic rings. The maximum atomic E-state index is 9.85. The van der Waals surface area contributed by atoms with E-state index < -0.39 is 12.7 Å². The number of aliphatic hydroxyl groups excluding tert-OH is 1. The molecule has 0 saturated carbocycles. The molecule has 6 heavy (non-hydrogen) atoms. The lowest BCUT2D eigenvalue weighted by Gasteiger charge is -1.89. The number of carbonyl (C=O) groups excluding carboxylic acids is 1. The van der Waals surface area contributed by atoms with Crippen molar-refractivity contribution in [2.75, 3.05) is 6.61 Å². The summed E-state index contributed by atoms with van der Waals surface area (Å²) in [4.78, 5) is 9.85. The van der Waals surface area contributed by atoms with E-state index >= 15 is 0 Å². The molecule has 0 amide bonds. The van der Waals surface area contributed by atoms with Gasteiger partial charge in [-0.15, -0.1) is 0 Å². The Kier molecular flexibility index (Phi) is 0.957. The normalized spacial score (nSPS) is 25.7. The van der Waals surface area contributed by atoms with Crippen LogP contribution in [0.2, 0.25) is 0 Å². The van der Waals surface area contributed by atoms with E-state index in [-0.39, 0.29) is 6.29 Å². The van der Waals surface area contributed by atoms with Crippen LogP contribution in [-0.2, 0) is 4.79 Å². The lowest BCUT2D eigenvalue weighted by molar-refractivity contribution is -0.116. The van der Waals surface area contributed by atoms with Crippen molar-refractivity contribution >= 4 is 6.29 Å². The second-order valence-corrected chi connectivity index (χ2v) is 0.729. The molecule has 36 valence electrons. The second kappa shape index (κ2) is 2.81. The number of aliphatic hydroxyl groups is 2. The summed E-state index contributed by atoms with van der Waals surface area (Å²) in [7, 11) is 0. The van der Waals surface area contributed by atoms with Gasteiger partial charge in [-0.25, -0.2) is 0 Å². The molecule has 0 aromatic carbocycles. The molecule has 0 fully saturated rings. The van der Waals surface area contributed by atoms with Gasteiger partial charge >= 0.3 is 0 Å². The Balaban J connectivity index is 3.76. The first kappa shape index (κ1) is 2.04. The Bertz CT molecular complexity index is 98.3. The molecule has 3 nitrogen and oxygen atoms in total. The molecule has 0 saturated heterocycles. The summed E-state index contributed by atoms with van der Waals surface area (Å²) < 4.78 is 19.1. The van der Waals surface area contributed by atoms with Gasteiger partial charge in [-0.2, -0.15) is 0 Å². The SMILES string of the molecule is [2H]OC[C@]([2H])(C=O)O[2H]. The molecule has 0 aliphatic carbocycles. The van der Waals surface area contributed by atoms with E-state index in [0.717, 1.165) is 0 Å². The van der Waals surface area contributed by atoms with Crippen LogP contribution in [0.15, 0.2) is 0 Å². The van der Waals surface area contributed by atoms with Crippen LogP contribution in [0.4, 0.5) is 0 Å². The van der Waals surface area contributed by atoms with Crippen molar-refractivity contribution in [1.29, 1.82) is 2.86 Å². The average Bonchev–Trinajstić information content (AvgIpc) is 1.89. The summed E-state index contributed by atoms with van der Waals surface area (Å²) in [5.41, 5.74) is 0. The van der Waals surface area contributed by atoms with E-state index in [1.54, 1.807) is 0 Å². The minimum Gasteiger partial charge on any atom is -0.393 e. The quantitative estimate of drug-likeness (QED) is 0.417. The first-order chi connectivity index (χ1) is 4.18. The van der Waals surface area contributed by atoms with Crippen molar-refractivity contribution in [3.8, 4) is 0 Å². The molecular formula is C3H6O3. The van der Waals surface area contributed by atoms with Crippen molar-refractivity contribution in [2.45, 2.75) is 6.08 Å². The summed E-state index contributed by atoms with van der Waals surface area (Å²) in [5, 5.41) is 7.31. The van der Waals surface area contributed by atoms with Crippen LogP contribution < -0.4 is 0 Å². The number of carbonyl (C=O) groups is 1. The first-order valence-corrected chi connectivity index (χ1v) is 1.37. The molecular weight excluding hydrogens is 84.0 g/mol. The summed E-state index contributed by atoms with van der Waals surface area (Å²) in [5.74, 6) is 0. The van der Waals surface area contributed by atoms with Gasteiger partial charge in [0.25, 0.3) is 0 Å². The van der Waals surface area contributed by atoms with Crippen molar-refractivity contribution in [2.24, 2.45) is 0 Å². The molecule has 0 radical (unpaired) electrons. The fourth-order valence-electron chi connectivity index (χ4n) is 0.0340. The largest absolute Gasteiger partial charge is 0.393 e. The number of rotatable bonds is 4. The Morgan fingerprint density at radius 3 is 3.33 bits per heavy atom. The highest BCUT2D eigenvalue weighted by molar-refractivity contribution is 5.55. The third kappa shape index (κ3) is 1.87. The minimum atomic E-state index is -2.04. The van der Waals surface area contributed by atoms with Gasteiger partial charge in [-0.05, 0) is 0 Å². The van der Waals surface area contributed by atoms with Gasteiger partial charge in [0.1, 0.15) is 6.08 Å². The van der Waals surface area contributed by atoms with E-state index in [9.17, 15) is 4.79 Å². The summed E-state index contributed by atoms with van der Waals surface area (Å²) in [6.07, 6.45) is -1.95. The fraction of sp³-hybridized carbons (Fsp3) is 0.667. The molecule has 0 unspecified atom stereocenters. The topological polar surface area (TPSA) is 57.5 Å².